The molecule has 6 nitrogen and oxygen atoms in total. The lowest BCUT2D eigenvalue weighted by atomic mass is 10.0. The quantitative estimate of drug-likeness (QED) is 0.638. The van der Waals surface area contributed by atoms with Crippen molar-refractivity contribution in [2.75, 3.05) is 17.2 Å². The van der Waals surface area contributed by atoms with Crippen LogP contribution >= 0.6 is 0 Å². The minimum Gasteiger partial charge on any atom is -0.404 e. The summed E-state index contributed by atoms with van der Waals surface area (Å²) in [7, 11) is 0. The van der Waals surface area contributed by atoms with Crippen molar-refractivity contribution in [1.29, 1.82) is 0 Å². The van der Waals surface area contributed by atoms with E-state index in [4.69, 9.17) is 5.73 Å². The predicted octanol–water partition coefficient (Wildman–Crippen LogP) is 1.97. The number of rotatable bonds is 4. The van der Waals surface area contributed by atoms with Crippen molar-refractivity contribution in [3.63, 3.8) is 0 Å². The normalized spacial score (nSPS) is 19.0. The van der Waals surface area contributed by atoms with Crippen LogP contribution in [0.2, 0.25) is 0 Å². The van der Waals surface area contributed by atoms with Gasteiger partial charge in [0.2, 0.25) is 5.91 Å². The molecule has 2 rings (SSSR count). The van der Waals surface area contributed by atoms with Crippen molar-refractivity contribution >= 4 is 29.1 Å². The highest BCUT2D eigenvalue weighted by atomic mass is 16.3. The van der Waals surface area contributed by atoms with Crippen molar-refractivity contribution in [3.05, 3.63) is 30.0 Å². The standard InChI is InChI=1S/C17H24N4O2/c1-11-7-15(23)21-14-6-4-5-13(16(14)20-11)12(8-18)9-19-17(2,3)10-22/h4-6,8-9,11,20,22H,7,10,18H2,1-3H3,(H,21,23)/b12-8+,19-9?/t11-/m1/s1. The van der Waals surface area contributed by atoms with E-state index in [2.05, 4.69) is 15.6 Å². The van der Waals surface area contributed by atoms with Gasteiger partial charge >= 0.3 is 0 Å². The molecule has 23 heavy (non-hydrogen) atoms. The third-order valence-corrected chi connectivity index (χ3v) is 3.65. The molecular weight excluding hydrogens is 292 g/mol. The van der Waals surface area contributed by atoms with Gasteiger partial charge in [0.15, 0.2) is 0 Å². The number of aliphatic hydroxyl groups excluding tert-OH is 1. The number of anilines is 2. The zero-order valence-corrected chi connectivity index (χ0v) is 13.8. The van der Waals surface area contributed by atoms with E-state index < -0.39 is 5.54 Å². The molecule has 0 unspecified atom stereocenters. The van der Waals surface area contributed by atoms with Crippen LogP contribution in [0.15, 0.2) is 29.4 Å². The van der Waals surface area contributed by atoms with Gasteiger partial charge in [0.1, 0.15) is 0 Å². The Labute approximate surface area is 136 Å². The average Bonchev–Trinajstić information content (AvgIpc) is 2.64. The van der Waals surface area contributed by atoms with Crippen LogP contribution in [0.25, 0.3) is 5.57 Å². The SMILES string of the molecule is C[C@@H]1CC(=O)Nc2cccc(/C(C=NC(C)(C)CO)=C/N)c2N1. The van der Waals surface area contributed by atoms with Gasteiger partial charge in [-0.2, -0.15) is 0 Å². The topological polar surface area (TPSA) is 99.7 Å². The largest absolute Gasteiger partial charge is 0.404 e. The number of allylic oxidation sites excluding steroid dienone is 1. The maximum Gasteiger partial charge on any atom is 0.226 e. The van der Waals surface area contributed by atoms with E-state index in [9.17, 15) is 9.90 Å². The van der Waals surface area contributed by atoms with Gasteiger partial charge in [-0.05, 0) is 26.8 Å². The second-order valence-electron chi connectivity index (χ2n) is 6.38. The van der Waals surface area contributed by atoms with Crippen LogP contribution < -0.4 is 16.4 Å². The number of amides is 1. The summed E-state index contributed by atoms with van der Waals surface area (Å²) in [6.45, 7) is 5.58. The molecule has 5 N–H and O–H groups in total. The molecule has 0 aliphatic carbocycles. The van der Waals surface area contributed by atoms with Crippen LogP contribution in [0.4, 0.5) is 11.4 Å². The van der Waals surface area contributed by atoms with Crippen LogP contribution in [-0.2, 0) is 4.79 Å². The fraction of sp³-hybridized carbons (Fsp3) is 0.412. The van der Waals surface area contributed by atoms with Crippen molar-refractivity contribution in [1.82, 2.24) is 0 Å². The summed E-state index contributed by atoms with van der Waals surface area (Å²) in [5, 5.41) is 15.6. The molecule has 0 spiro atoms. The first kappa shape index (κ1) is 17.0. The Bertz CT molecular complexity index is 650. The van der Waals surface area contributed by atoms with Gasteiger partial charge in [-0.1, -0.05) is 12.1 Å². The molecule has 6 heteroatoms. The molecule has 0 bridgehead atoms. The molecule has 1 amide bonds. The fourth-order valence-electron chi connectivity index (χ4n) is 2.32. The summed E-state index contributed by atoms with van der Waals surface area (Å²) in [4.78, 5) is 16.2. The highest BCUT2D eigenvalue weighted by Crippen LogP contribution is 2.33. The van der Waals surface area contributed by atoms with Crippen LogP contribution in [0.1, 0.15) is 32.8 Å². The molecule has 0 saturated heterocycles. The Balaban J connectivity index is 2.43. The number of benzene rings is 1. The number of carbonyl (C=O) groups is 1. The first-order chi connectivity index (χ1) is 10.9. The molecule has 0 aromatic heterocycles. The highest BCUT2D eigenvalue weighted by molar-refractivity contribution is 6.13. The summed E-state index contributed by atoms with van der Waals surface area (Å²) in [5.74, 6) is -0.0192. The molecule has 1 aromatic carbocycles. The van der Waals surface area contributed by atoms with Crippen molar-refractivity contribution in [2.24, 2.45) is 10.7 Å². The van der Waals surface area contributed by atoms with E-state index in [-0.39, 0.29) is 18.6 Å². The lowest BCUT2D eigenvalue weighted by Crippen LogP contribution is -2.22. The molecular formula is C17H24N4O2. The van der Waals surface area contributed by atoms with Gasteiger partial charge in [-0.3, -0.25) is 9.79 Å². The predicted molar refractivity (Wildman–Crippen MR) is 94.6 cm³/mol. The van der Waals surface area contributed by atoms with E-state index in [1.807, 2.05) is 39.0 Å². The van der Waals surface area contributed by atoms with Crippen molar-refractivity contribution in [2.45, 2.75) is 38.8 Å². The smallest absolute Gasteiger partial charge is 0.226 e. The molecule has 1 aromatic rings. The zero-order valence-electron chi connectivity index (χ0n) is 13.8. The molecule has 1 aliphatic rings. The second-order valence-corrected chi connectivity index (χ2v) is 6.38. The molecule has 0 saturated carbocycles. The minimum atomic E-state index is -0.574. The zero-order chi connectivity index (χ0) is 17.0. The Morgan fingerprint density at radius 1 is 1.52 bits per heavy atom. The van der Waals surface area contributed by atoms with E-state index in [1.54, 1.807) is 6.21 Å². The number of carbonyl (C=O) groups excluding carboxylic acids is 1. The highest BCUT2D eigenvalue weighted by Gasteiger charge is 2.21. The van der Waals surface area contributed by atoms with Gasteiger partial charge in [0.25, 0.3) is 0 Å². The maximum atomic E-state index is 11.9. The van der Waals surface area contributed by atoms with Crippen LogP contribution in [0.5, 0.6) is 0 Å². The molecule has 1 atom stereocenters. The third kappa shape index (κ3) is 4.10. The maximum absolute atomic E-state index is 11.9. The summed E-state index contributed by atoms with van der Waals surface area (Å²) in [6, 6.07) is 5.65. The Morgan fingerprint density at radius 2 is 2.26 bits per heavy atom. The lowest BCUT2D eigenvalue weighted by molar-refractivity contribution is -0.116. The number of fused-ring (bicyclic) bond motifs is 1. The summed E-state index contributed by atoms with van der Waals surface area (Å²) >= 11 is 0. The number of hydrogen-bond acceptors (Lipinski definition) is 5. The summed E-state index contributed by atoms with van der Waals surface area (Å²) in [6.07, 6.45) is 3.54. The minimum absolute atomic E-state index is 0.0160. The van der Waals surface area contributed by atoms with Crippen LogP contribution in [0.3, 0.4) is 0 Å². The van der Waals surface area contributed by atoms with Gasteiger partial charge in [-0.25, -0.2) is 0 Å². The molecule has 124 valence electrons. The van der Waals surface area contributed by atoms with E-state index >= 15 is 0 Å². The first-order valence-corrected chi connectivity index (χ1v) is 7.64. The van der Waals surface area contributed by atoms with Crippen molar-refractivity contribution < 1.29 is 9.90 Å². The summed E-state index contributed by atoms with van der Waals surface area (Å²) < 4.78 is 0. The number of para-hydroxylation sites is 1. The number of hydrogen-bond donors (Lipinski definition) is 4. The molecule has 0 fully saturated rings. The number of nitrogens with two attached hydrogens (primary N) is 1. The Morgan fingerprint density at radius 3 is 2.91 bits per heavy atom. The molecule has 1 heterocycles. The fourth-order valence-corrected chi connectivity index (χ4v) is 2.32. The number of nitrogens with one attached hydrogen (secondary N) is 2. The van der Waals surface area contributed by atoms with Gasteiger partial charge in [-0.15, -0.1) is 0 Å². The number of aliphatic imine (C=N–C) groups is 1. The second kappa shape index (κ2) is 6.83. The Kier molecular flexibility index (Phi) is 5.05. The van der Waals surface area contributed by atoms with E-state index in [0.717, 1.165) is 22.5 Å². The van der Waals surface area contributed by atoms with Gasteiger partial charge < -0.3 is 21.5 Å². The summed E-state index contributed by atoms with van der Waals surface area (Å²) in [5.41, 5.74) is 8.34. The van der Waals surface area contributed by atoms with Gasteiger partial charge in [0.05, 0.1) is 23.5 Å². The molecule has 1 aliphatic heterocycles. The van der Waals surface area contributed by atoms with Gasteiger partial charge in [0, 0.05) is 36.0 Å². The lowest BCUT2D eigenvalue weighted by Gasteiger charge is -2.18. The third-order valence-electron chi connectivity index (χ3n) is 3.65. The van der Waals surface area contributed by atoms with Crippen LogP contribution in [0, 0.1) is 0 Å². The first-order valence-electron chi connectivity index (χ1n) is 7.64. The molecule has 0 radical (unpaired) electrons. The number of nitrogens with zero attached hydrogens (tertiary/aromatic N) is 1. The van der Waals surface area contributed by atoms with E-state index in [0.29, 0.717) is 6.42 Å². The average molecular weight is 316 g/mol. The Hall–Kier alpha value is -2.34. The van der Waals surface area contributed by atoms with E-state index in [1.165, 1.54) is 6.20 Å². The van der Waals surface area contributed by atoms with Crippen LogP contribution in [-0.4, -0.2) is 35.4 Å². The van der Waals surface area contributed by atoms with Crippen molar-refractivity contribution in [3.8, 4) is 0 Å². The number of aliphatic hydroxyl groups is 1. The monoisotopic (exact) mass is 316 g/mol.